The van der Waals surface area contributed by atoms with Crippen LogP contribution in [0.15, 0.2) is 12.1 Å². The molecule has 1 aromatic heterocycles. The predicted octanol–water partition coefficient (Wildman–Crippen LogP) is 1.47. The molecule has 0 aliphatic carbocycles. The van der Waals surface area contributed by atoms with Gasteiger partial charge in [0.1, 0.15) is 5.82 Å². The van der Waals surface area contributed by atoms with Gasteiger partial charge in [-0.1, -0.05) is 6.92 Å². The van der Waals surface area contributed by atoms with E-state index >= 15 is 0 Å². The van der Waals surface area contributed by atoms with Crippen LogP contribution in [-0.4, -0.2) is 11.5 Å². The minimum atomic E-state index is 0.605. The van der Waals surface area contributed by atoms with Gasteiger partial charge in [-0.2, -0.15) is 0 Å². The van der Waals surface area contributed by atoms with E-state index in [1.807, 2.05) is 13.0 Å². The van der Waals surface area contributed by atoms with Gasteiger partial charge >= 0.3 is 0 Å². The second-order valence-corrected chi connectivity index (χ2v) is 3.22. The maximum absolute atomic E-state index is 5.62. The molecule has 0 fully saturated rings. The summed E-state index contributed by atoms with van der Waals surface area (Å²) in [7, 11) is 0. The molecule has 3 N–H and O–H groups in total. The van der Waals surface area contributed by atoms with Crippen molar-refractivity contribution in [2.75, 3.05) is 12.3 Å². The van der Waals surface area contributed by atoms with E-state index < -0.39 is 0 Å². The van der Waals surface area contributed by atoms with Gasteiger partial charge in [-0.15, -0.1) is 0 Å². The molecule has 0 bridgehead atoms. The first kappa shape index (κ1) is 9.99. The maximum Gasteiger partial charge on any atom is 0.123 e. The molecule has 0 amide bonds. The smallest absolute Gasteiger partial charge is 0.123 e. The molecule has 0 spiro atoms. The lowest BCUT2D eigenvalue weighted by atomic mass is 10.2. The molecule has 0 radical (unpaired) electrons. The number of rotatable bonds is 4. The highest BCUT2D eigenvalue weighted by atomic mass is 14.9. The first-order valence-electron chi connectivity index (χ1n) is 4.66. The Bertz CT molecular complexity index is 251. The molecule has 3 nitrogen and oxygen atoms in total. The Morgan fingerprint density at radius 2 is 2.23 bits per heavy atom. The summed E-state index contributed by atoms with van der Waals surface area (Å²) in [4.78, 5) is 4.11. The zero-order valence-corrected chi connectivity index (χ0v) is 8.30. The first-order valence-corrected chi connectivity index (χ1v) is 4.66. The number of hydrogen-bond acceptors (Lipinski definition) is 3. The molecule has 0 saturated carbocycles. The maximum atomic E-state index is 5.62. The third kappa shape index (κ3) is 3.42. The van der Waals surface area contributed by atoms with Crippen LogP contribution in [-0.2, 0) is 6.54 Å². The Morgan fingerprint density at radius 3 is 2.85 bits per heavy atom. The van der Waals surface area contributed by atoms with Gasteiger partial charge in [-0.05, 0) is 37.6 Å². The highest BCUT2D eigenvalue weighted by Gasteiger charge is 1.96. The van der Waals surface area contributed by atoms with E-state index in [2.05, 4.69) is 23.3 Å². The fraction of sp³-hybridized carbons (Fsp3) is 0.500. The lowest BCUT2D eigenvalue weighted by Crippen LogP contribution is -2.14. The van der Waals surface area contributed by atoms with E-state index in [1.54, 1.807) is 0 Å². The Balaban J connectivity index is 2.56. The summed E-state index contributed by atoms with van der Waals surface area (Å²) >= 11 is 0. The minimum absolute atomic E-state index is 0.605. The molecular weight excluding hydrogens is 162 g/mol. The number of aromatic nitrogens is 1. The number of nitrogen functional groups attached to an aromatic ring is 1. The van der Waals surface area contributed by atoms with E-state index in [-0.39, 0.29) is 0 Å². The molecule has 3 heteroatoms. The Morgan fingerprint density at radius 1 is 1.46 bits per heavy atom. The monoisotopic (exact) mass is 179 g/mol. The Kier molecular flexibility index (Phi) is 3.71. The van der Waals surface area contributed by atoms with Crippen molar-refractivity contribution < 1.29 is 0 Å². The van der Waals surface area contributed by atoms with Crippen molar-refractivity contribution in [2.45, 2.75) is 26.8 Å². The average Bonchev–Trinajstić information content (AvgIpc) is 2.03. The second-order valence-electron chi connectivity index (χ2n) is 3.22. The molecule has 13 heavy (non-hydrogen) atoms. The van der Waals surface area contributed by atoms with E-state index in [0.29, 0.717) is 5.82 Å². The van der Waals surface area contributed by atoms with Gasteiger partial charge in [0, 0.05) is 12.2 Å². The molecule has 0 unspecified atom stereocenters. The third-order valence-electron chi connectivity index (χ3n) is 1.79. The van der Waals surface area contributed by atoms with Gasteiger partial charge in [0.25, 0.3) is 0 Å². The van der Waals surface area contributed by atoms with Crippen LogP contribution in [0.4, 0.5) is 5.82 Å². The van der Waals surface area contributed by atoms with E-state index in [0.717, 1.165) is 25.2 Å². The van der Waals surface area contributed by atoms with Crippen LogP contribution in [0.2, 0.25) is 0 Å². The van der Waals surface area contributed by atoms with Gasteiger partial charge in [-0.3, -0.25) is 0 Å². The molecule has 0 aromatic carbocycles. The third-order valence-corrected chi connectivity index (χ3v) is 1.79. The fourth-order valence-corrected chi connectivity index (χ4v) is 1.28. The second kappa shape index (κ2) is 4.82. The van der Waals surface area contributed by atoms with Crippen molar-refractivity contribution in [3.63, 3.8) is 0 Å². The molecule has 1 heterocycles. The summed E-state index contributed by atoms with van der Waals surface area (Å²) < 4.78 is 0. The molecule has 0 atom stereocenters. The van der Waals surface area contributed by atoms with Gasteiger partial charge < -0.3 is 11.1 Å². The molecule has 0 aliphatic heterocycles. The van der Waals surface area contributed by atoms with Crippen LogP contribution in [0, 0.1) is 6.92 Å². The first-order chi connectivity index (χ1) is 6.22. The summed E-state index contributed by atoms with van der Waals surface area (Å²) in [5, 5.41) is 3.32. The zero-order valence-electron chi connectivity index (χ0n) is 8.30. The number of pyridine rings is 1. The van der Waals surface area contributed by atoms with Crippen molar-refractivity contribution in [1.29, 1.82) is 0 Å². The molecule has 1 aromatic rings. The number of nitrogens with two attached hydrogens (primary N) is 1. The van der Waals surface area contributed by atoms with Crippen molar-refractivity contribution >= 4 is 5.82 Å². The lowest BCUT2D eigenvalue weighted by molar-refractivity contribution is 0.675. The quantitative estimate of drug-likeness (QED) is 0.688. The van der Waals surface area contributed by atoms with Crippen molar-refractivity contribution in [2.24, 2.45) is 0 Å². The molecule has 1 rings (SSSR count). The van der Waals surface area contributed by atoms with Crippen LogP contribution in [0.5, 0.6) is 0 Å². The van der Waals surface area contributed by atoms with E-state index in [4.69, 9.17) is 5.73 Å². The number of hydrogen-bond donors (Lipinski definition) is 2. The largest absolute Gasteiger partial charge is 0.384 e. The van der Waals surface area contributed by atoms with Crippen LogP contribution in [0.3, 0.4) is 0 Å². The van der Waals surface area contributed by atoms with E-state index in [1.165, 1.54) is 5.56 Å². The van der Waals surface area contributed by atoms with Crippen LogP contribution < -0.4 is 11.1 Å². The van der Waals surface area contributed by atoms with Crippen LogP contribution in [0.1, 0.15) is 24.6 Å². The van der Waals surface area contributed by atoms with Gasteiger partial charge in [0.15, 0.2) is 0 Å². The summed E-state index contributed by atoms with van der Waals surface area (Å²) in [5.74, 6) is 0.605. The van der Waals surface area contributed by atoms with Gasteiger partial charge in [-0.25, -0.2) is 4.98 Å². The van der Waals surface area contributed by atoms with Gasteiger partial charge in [0.2, 0.25) is 0 Å². The summed E-state index contributed by atoms with van der Waals surface area (Å²) in [6.07, 6.45) is 1.15. The number of aryl methyl sites for hydroxylation is 1. The van der Waals surface area contributed by atoms with Crippen molar-refractivity contribution in [1.82, 2.24) is 10.3 Å². The van der Waals surface area contributed by atoms with Crippen molar-refractivity contribution in [3.05, 3.63) is 23.4 Å². The summed E-state index contributed by atoms with van der Waals surface area (Å²) in [6.45, 7) is 6.03. The number of nitrogens with zero attached hydrogens (tertiary/aromatic N) is 1. The molecular formula is C10H17N3. The highest BCUT2D eigenvalue weighted by Crippen LogP contribution is 2.06. The molecule has 0 saturated heterocycles. The van der Waals surface area contributed by atoms with E-state index in [9.17, 15) is 0 Å². The van der Waals surface area contributed by atoms with Crippen LogP contribution >= 0.6 is 0 Å². The average molecular weight is 179 g/mol. The summed E-state index contributed by atoms with van der Waals surface area (Å²) in [6, 6.07) is 3.97. The Labute approximate surface area is 79.4 Å². The lowest BCUT2D eigenvalue weighted by Gasteiger charge is -2.04. The Hall–Kier alpha value is -1.09. The normalized spacial score (nSPS) is 10.3. The molecule has 0 aliphatic rings. The van der Waals surface area contributed by atoms with Crippen molar-refractivity contribution in [3.8, 4) is 0 Å². The SMILES string of the molecule is CCCNCc1cc(C)nc(N)c1. The minimum Gasteiger partial charge on any atom is -0.384 e. The zero-order chi connectivity index (χ0) is 9.68. The highest BCUT2D eigenvalue weighted by molar-refractivity contribution is 5.34. The van der Waals surface area contributed by atoms with Crippen LogP contribution in [0.25, 0.3) is 0 Å². The molecule has 72 valence electrons. The summed E-state index contributed by atoms with van der Waals surface area (Å²) in [5.41, 5.74) is 7.81. The predicted molar refractivity (Wildman–Crippen MR) is 55.4 cm³/mol. The fourth-order valence-electron chi connectivity index (χ4n) is 1.28. The number of anilines is 1. The van der Waals surface area contributed by atoms with Gasteiger partial charge in [0.05, 0.1) is 0 Å². The standard InChI is InChI=1S/C10H17N3/c1-3-4-12-7-9-5-8(2)13-10(11)6-9/h5-6,12H,3-4,7H2,1-2H3,(H2,11,13). The topological polar surface area (TPSA) is 50.9 Å². The number of nitrogens with one attached hydrogen (secondary N) is 1.